The highest BCUT2D eigenvalue weighted by Gasteiger charge is 2.20. The van der Waals surface area contributed by atoms with Crippen molar-refractivity contribution in [2.24, 2.45) is 0 Å². The van der Waals surface area contributed by atoms with Crippen molar-refractivity contribution in [3.8, 4) is 0 Å². The van der Waals surface area contributed by atoms with E-state index in [9.17, 15) is 4.79 Å². The molecule has 1 aliphatic rings. The van der Waals surface area contributed by atoms with Crippen LogP contribution in [0.1, 0.15) is 16.9 Å². The van der Waals surface area contributed by atoms with Gasteiger partial charge in [-0.2, -0.15) is 0 Å². The minimum Gasteiger partial charge on any atom is -0.456 e. The van der Waals surface area contributed by atoms with Crippen molar-refractivity contribution in [1.29, 1.82) is 0 Å². The number of carbonyl (C=O) groups excluding carboxylic acids is 1. The van der Waals surface area contributed by atoms with Crippen LogP contribution < -0.4 is 5.32 Å². The van der Waals surface area contributed by atoms with E-state index in [0.717, 1.165) is 22.5 Å². The van der Waals surface area contributed by atoms with Crippen LogP contribution in [0.3, 0.4) is 0 Å². The summed E-state index contributed by atoms with van der Waals surface area (Å²) in [5.41, 5.74) is 0.423. The molecule has 0 saturated carbocycles. The van der Waals surface area contributed by atoms with Crippen LogP contribution in [0, 0.1) is 3.01 Å². The SMILES string of the molecule is O=C(O[C@@H]1CCNC1)c1csc(I)n1. The molecule has 0 unspecified atom stereocenters. The minimum absolute atomic E-state index is 0.0156. The van der Waals surface area contributed by atoms with E-state index in [1.807, 2.05) is 0 Å². The third kappa shape index (κ3) is 2.43. The normalized spacial score (nSPS) is 21.1. The maximum absolute atomic E-state index is 11.5. The third-order valence-electron chi connectivity index (χ3n) is 1.97. The zero-order valence-corrected chi connectivity index (χ0v) is 10.3. The predicted octanol–water partition coefficient (Wildman–Crippen LogP) is 1.27. The zero-order chi connectivity index (χ0) is 9.97. The summed E-state index contributed by atoms with van der Waals surface area (Å²) in [6, 6.07) is 0. The van der Waals surface area contributed by atoms with Crippen LogP contribution in [-0.4, -0.2) is 30.1 Å². The maximum atomic E-state index is 11.5. The van der Waals surface area contributed by atoms with Crippen LogP contribution in [0.5, 0.6) is 0 Å². The van der Waals surface area contributed by atoms with Gasteiger partial charge in [0.05, 0.1) is 0 Å². The average molecular weight is 324 g/mol. The molecule has 6 heteroatoms. The van der Waals surface area contributed by atoms with E-state index >= 15 is 0 Å². The first-order chi connectivity index (χ1) is 6.75. The summed E-state index contributed by atoms with van der Waals surface area (Å²) in [6.45, 7) is 1.68. The second kappa shape index (κ2) is 4.54. The van der Waals surface area contributed by atoms with E-state index in [-0.39, 0.29) is 12.1 Å². The van der Waals surface area contributed by atoms with Crippen LogP contribution in [0.2, 0.25) is 0 Å². The summed E-state index contributed by atoms with van der Waals surface area (Å²) in [4.78, 5) is 15.6. The number of rotatable bonds is 2. The Morgan fingerprint density at radius 3 is 3.21 bits per heavy atom. The van der Waals surface area contributed by atoms with E-state index in [0.29, 0.717) is 5.69 Å². The molecule has 1 aromatic heterocycles. The molecule has 76 valence electrons. The van der Waals surface area contributed by atoms with Gasteiger partial charge in [0.2, 0.25) is 0 Å². The number of thiazole rings is 1. The lowest BCUT2D eigenvalue weighted by molar-refractivity contribution is 0.0338. The summed E-state index contributed by atoms with van der Waals surface area (Å²) in [5.74, 6) is -0.308. The molecule has 1 saturated heterocycles. The highest BCUT2D eigenvalue weighted by atomic mass is 127. The van der Waals surface area contributed by atoms with Gasteiger partial charge < -0.3 is 10.1 Å². The second-order valence-corrected chi connectivity index (χ2v) is 5.62. The summed E-state index contributed by atoms with van der Waals surface area (Å²) >= 11 is 3.54. The molecule has 0 aliphatic carbocycles. The minimum atomic E-state index is -0.308. The highest BCUT2D eigenvalue weighted by molar-refractivity contribution is 14.1. The van der Waals surface area contributed by atoms with E-state index in [1.165, 1.54) is 11.3 Å². The van der Waals surface area contributed by atoms with Gasteiger partial charge in [0.1, 0.15) is 6.10 Å². The lowest BCUT2D eigenvalue weighted by Crippen LogP contribution is -2.21. The predicted molar refractivity (Wildman–Crippen MR) is 61.5 cm³/mol. The number of ether oxygens (including phenoxy) is 1. The highest BCUT2D eigenvalue weighted by Crippen LogP contribution is 2.14. The molecule has 0 radical (unpaired) electrons. The first kappa shape index (κ1) is 10.3. The number of aromatic nitrogens is 1. The average Bonchev–Trinajstić information content (AvgIpc) is 2.75. The van der Waals surface area contributed by atoms with Crippen LogP contribution in [-0.2, 0) is 4.74 Å². The zero-order valence-electron chi connectivity index (χ0n) is 7.33. The Balaban J connectivity index is 1.95. The Bertz CT molecular complexity index is 336. The number of nitrogens with one attached hydrogen (secondary N) is 1. The Kier molecular flexibility index (Phi) is 3.34. The number of hydrogen-bond donors (Lipinski definition) is 1. The van der Waals surface area contributed by atoms with Gasteiger partial charge in [-0.3, -0.25) is 0 Å². The van der Waals surface area contributed by atoms with Gasteiger partial charge in [-0.25, -0.2) is 9.78 Å². The molecule has 2 rings (SSSR count). The van der Waals surface area contributed by atoms with Gasteiger partial charge in [-0.05, 0) is 35.6 Å². The lowest BCUT2D eigenvalue weighted by atomic mass is 10.3. The van der Waals surface area contributed by atoms with E-state index < -0.39 is 0 Å². The molecule has 2 heterocycles. The van der Waals surface area contributed by atoms with Gasteiger partial charge in [0.15, 0.2) is 8.71 Å². The van der Waals surface area contributed by atoms with Crippen LogP contribution in [0.25, 0.3) is 0 Å². The molecule has 14 heavy (non-hydrogen) atoms. The van der Waals surface area contributed by atoms with E-state index in [2.05, 4.69) is 32.9 Å². The topological polar surface area (TPSA) is 51.2 Å². The Morgan fingerprint density at radius 2 is 2.64 bits per heavy atom. The molecule has 0 amide bonds. The molecule has 1 N–H and O–H groups in total. The standard InChI is InChI=1S/C8H9IN2O2S/c9-8-11-6(4-14-8)7(12)13-5-1-2-10-3-5/h4-5,10H,1-3H2/t5-/m1/s1. The molecule has 1 aliphatic heterocycles. The van der Waals surface area contributed by atoms with Crippen molar-refractivity contribution < 1.29 is 9.53 Å². The first-order valence-corrected chi connectivity index (χ1v) is 6.24. The Hall–Kier alpha value is -0.210. The van der Waals surface area contributed by atoms with Crippen molar-refractivity contribution in [3.05, 3.63) is 14.1 Å². The quantitative estimate of drug-likeness (QED) is 0.657. The van der Waals surface area contributed by atoms with Crippen molar-refractivity contribution >= 4 is 39.9 Å². The number of esters is 1. The van der Waals surface area contributed by atoms with E-state index in [4.69, 9.17) is 4.74 Å². The van der Waals surface area contributed by atoms with Gasteiger partial charge in [0.25, 0.3) is 0 Å². The number of carbonyl (C=O) groups is 1. The summed E-state index contributed by atoms with van der Waals surface area (Å²) in [6.07, 6.45) is 0.911. The van der Waals surface area contributed by atoms with Gasteiger partial charge in [-0.15, -0.1) is 11.3 Å². The van der Waals surface area contributed by atoms with Crippen molar-refractivity contribution in [2.75, 3.05) is 13.1 Å². The number of halogens is 1. The van der Waals surface area contributed by atoms with Crippen LogP contribution >= 0.6 is 33.9 Å². The fraction of sp³-hybridized carbons (Fsp3) is 0.500. The molecule has 1 aromatic rings. The number of nitrogens with zero attached hydrogens (tertiary/aromatic N) is 1. The summed E-state index contributed by atoms with van der Waals surface area (Å²) < 4.78 is 6.11. The van der Waals surface area contributed by atoms with Crippen molar-refractivity contribution in [3.63, 3.8) is 0 Å². The van der Waals surface area contributed by atoms with Crippen molar-refractivity contribution in [2.45, 2.75) is 12.5 Å². The number of hydrogen-bond acceptors (Lipinski definition) is 5. The molecular formula is C8H9IN2O2S. The largest absolute Gasteiger partial charge is 0.456 e. The van der Waals surface area contributed by atoms with Gasteiger partial charge >= 0.3 is 5.97 Å². The summed E-state index contributed by atoms with van der Waals surface area (Å²) in [7, 11) is 0. The fourth-order valence-electron chi connectivity index (χ4n) is 1.29. The molecule has 0 spiro atoms. The van der Waals surface area contributed by atoms with Gasteiger partial charge in [0, 0.05) is 11.9 Å². The smallest absolute Gasteiger partial charge is 0.358 e. The second-order valence-electron chi connectivity index (χ2n) is 3.01. The van der Waals surface area contributed by atoms with Crippen LogP contribution in [0.4, 0.5) is 0 Å². The molecule has 1 fully saturated rings. The molecule has 0 aromatic carbocycles. The summed E-state index contributed by atoms with van der Waals surface area (Å²) in [5, 5.41) is 4.87. The van der Waals surface area contributed by atoms with Gasteiger partial charge in [-0.1, -0.05) is 0 Å². The van der Waals surface area contributed by atoms with Crippen molar-refractivity contribution in [1.82, 2.24) is 10.3 Å². The Morgan fingerprint density at radius 1 is 1.79 bits per heavy atom. The third-order valence-corrected chi connectivity index (χ3v) is 3.60. The van der Waals surface area contributed by atoms with Crippen LogP contribution in [0.15, 0.2) is 5.38 Å². The molecule has 0 bridgehead atoms. The maximum Gasteiger partial charge on any atom is 0.358 e. The molecule has 1 atom stereocenters. The first-order valence-electron chi connectivity index (χ1n) is 4.28. The molecular weight excluding hydrogens is 315 g/mol. The lowest BCUT2D eigenvalue weighted by Gasteiger charge is -2.08. The van der Waals surface area contributed by atoms with E-state index in [1.54, 1.807) is 5.38 Å². The molecule has 4 nitrogen and oxygen atoms in total. The monoisotopic (exact) mass is 324 g/mol. The Labute approximate surface area is 99.2 Å². The fourth-order valence-corrected chi connectivity index (χ4v) is 2.44.